The molecular weight excluding hydrogens is 345 g/mol. The molecule has 1 aliphatic heterocycles. The van der Waals surface area contributed by atoms with Crippen LogP contribution in [0.2, 0.25) is 0 Å². The molecule has 0 radical (unpaired) electrons. The van der Waals surface area contributed by atoms with Gasteiger partial charge in [0.15, 0.2) is 5.67 Å². The van der Waals surface area contributed by atoms with Crippen molar-refractivity contribution in [2.75, 3.05) is 19.7 Å². The number of carbonyl (C=O) groups excluding carboxylic acids is 1. The van der Waals surface area contributed by atoms with Crippen LogP contribution in [0.3, 0.4) is 0 Å². The average molecular weight is 367 g/mol. The summed E-state index contributed by atoms with van der Waals surface area (Å²) >= 11 is 0. The molecule has 1 saturated heterocycles. The fraction of sp³-hybridized carbons (Fsp3) is 0.333. The van der Waals surface area contributed by atoms with Crippen LogP contribution in [0, 0.1) is 0 Å². The number of rotatable bonds is 4. The van der Waals surface area contributed by atoms with E-state index in [0.717, 1.165) is 16.5 Å². The van der Waals surface area contributed by atoms with E-state index in [1.165, 1.54) is 4.90 Å². The average Bonchev–Trinajstić information content (AvgIpc) is 3.21. The summed E-state index contributed by atoms with van der Waals surface area (Å²) in [6.45, 7) is -0.458. The lowest BCUT2D eigenvalue weighted by Crippen LogP contribution is -2.38. The maximum atomic E-state index is 15.3. The Balaban J connectivity index is 1.57. The summed E-state index contributed by atoms with van der Waals surface area (Å²) in [5.74, 6) is -0.708. The second kappa shape index (κ2) is 6.78. The van der Waals surface area contributed by atoms with Crippen molar-refractivity contribution >= 4 is 16.8 Å². The van der Waals surface area contributed by atoms with Gasteiger partial charge in [-0.1, -0.05) is 48.5 Å². The Morgan fingerprint density at radius 3 is 2.67 bits per heavy atom. The third-order valence-corrected chi connectivity index (χ3v) is 5.45. The van der Waals surface area contributed by atoms with Gasteiger partial charge in [0.05, 0.1) is 30.8 Å². The summed E-state index contributed by atoms with van der Waals surface area (Å²) in [6.07, 6.45) is 0.115. The number of fused-ring (bicyclic) bond motifs is 1. The third kappa shape index (κ3) is 3.10. The zero-order valence-electron chi connectivity index (χ0n) is 15.2. The molecule has 1 aromatic heterocycles. The third-order valence-electron chi connectivity index (χ3n) is 5.45. The van der Waals surface area contributed by atoms with Crippen LogP contribution < -0.4 is 0 Å². The summed E-state index contributed by atoms with van der Waals surface area (Å²) in [7, 11) is 1.84. The Bertz CT molecular complexity index is 972. The zero-order valence-corrected chi connectivity index (χ0v) is 15.2. The van der Waals surface area contributed by atoms with Crippen molar-refractivity contribution in [2.24, 2.45) is 7.05 Å². The lowest BCUT2D eigenvalue weighted by Gasteiger charge is -2.23. The smallest absolute Gasteiger partial charge is 0.228 e. The first-order chi connectivity index (χ1) is 13.0. The molecule has 4 rings (SSSR count). The normalized spacial score (nSPS) is 22.5. The number of amides is 1. The van der Waals surface area contributed by atoms with Gasteiger partial charge in [-0.25, -0.2) is 4.39 Å². The largest absolute Gasteiger partial charge is 0.393 e. The monoisotopic (exact) mass is 367 g/mol. The molecule has 2 unspecified atom stereocenters. The predicted molar refractivity (Wildman–Crippen MR) is 101 cm³/mol. The van der Waals surface area contributed by atoms with Gasteiger partial charge in [-0.2, -0.15) is 5.10 Å². The van der Waals surface area contributed by atoms with Crippen molar-refractivity contribution in [1.29, 1.82) is 0 Å². The number of alkyl halides is 1. The molecule has 0 aliphatic carbocycles. The van der Waals surface area contributed by atoms with Crippen LogP contribution in [0.4, 0.5) is 4.39 Å². The van der Waals surface area contributed by atoms with Crippen LogP contribution in [0.5, 0.6) is 0 Å². The molecule has 1 amide bonds. The molecule has 5 nitrogen and oxygen atoms in total. The second-order valence-corrected chi connectivity index (χ2v) is 7.19. The molecule has 2 atom stereocenters. The van der Waals surface area contributed by atoms with Crippen LogP contribution in [0.15, 0.2) is 54.6 Å². The van der Waals surface area contributed by atoms with Gasteiger partial charge >= 0.3 is 0 Å². The number of hydrogen-bond donors (Lipinski definition) is 1. The van der Waals surface area contributed by atoms with Crippen molar-refractivity contribution in [3.63, 3.8) is 0 Å². The van der Waals surface area contributed by atoms with Gasteiger partial charge in [-0.15, -0.1) is 0 Å². The van der Waals surface area contributed by atoms with Gasteiger partial charge in [0.1, 0.15) is 0 Å². The first kappa shape index (κ1) is 17.7. The molecular formula is C21H22FN3O2. The fourth-order valence-electron chi connectivity index (χ4n) is 3.99. The van der Waals surface area contributed by atoms with E-state index in [-0.39, 0.29) is 25.4 Å². The van der Waals surface area contributed by atoms with E-state index in [2.05, 4.69) is 5.10 Å². The van der Waals surface area contributed by atoms with Crippen LogP contribution >= 0.6 is 0 Å². The number of aliphatic hydroxyl groups is 1. The molecule has 0 bridgehead atoms. The van der Waals surface area contributed by atoms with Crippen molar-refractivity contribution in [3.05, 3.63) is 65.9 Å². The van der Waals surface area contributed by atoms with E-state index >= 15 is 4.39 Å². The van der Waals surface area contributed by atoms with Gasteiger partial charge in [0, 0.05) is 24.9 Å². The summed E-state index contributed by atoms with van der Waals surface area (Å²) in [6, 6.07) is 17.0. The highest BCUT2D eigenvalue weighted by atomic mass is 19.1. The molecule has 2 heterocycles. The van der Waals surface area contributed by atoms with E-state index in [9.17, 15) is 9.90 Å². The molecule has 0 saturated carbocycles. The molecule has 3 aromatic rings. The van der Waals surface area contributed by atoms with Gasteiger partial charge in [0.2, 0.25) is 5.91 Å². The highest BCUT2D eigenvalue weighted by molar-refractivity contribution is 5.88. The Kier molecular flexibility index (Phi) is 4.44. The Morgan fingerprint density at radius 1 is 1.22 bits per heavy atom. The van der Waals surface area contributed by atoms with E-state index in [1.54, 1.807) is 4.68 Å². The van der Waals surface area contributed by atoms with Crippen LogP contribution in [-0.2, 0) is 18.3 Å². The molecule has 27 heavy (non-hydrogen) atoms. The van der Waals surface area contributed by atoms with E-state index in [1.807, 2.05) is 61.6 Å². The minimum absolute atomic E-state index is 0.105. The minimum Gasteiger partial charge on any atom is -0.393 e. The number of aromatic nitrogens is 2. The number of para-hydroxylation sites is 1. The number of nitrogens with zero attached hydrogens (tertiary/aromatic N) is 3. The number of halogens is 1. The number of aryl methyl sites for hydroxylation is 1. The molecule has 1 fully saturated rings. The number of likely N-dealkylation sites (tertiary alicyclic amines) is 1. The van der Waals surface area contributed by atoms with Crippen molar-refractivity contribution in [3.8, 4) is 0 Å². The summed E-state index contributed by atoms with van der Waals surface area (Å²) < 4.78 is 17.1. The molecule has 2 aromatic carbocycles. The summed E-state index contributed by atoms with van der Waals surface area (Å²) in [5.41, 5.74) is 0.616. The van der Waals surface area contributed by atoms with Crippen molar-refractivity contribution in [2.45, 2.75) is 18.0 Å². The Labute approximate surface area is 157 Å². The van der Waals surface area contributed by atoms with Gasteiger partial charge in [-0.3, -0.25) is 9.48 Å². The molecule has 0 spiro atoms. The van der Waals surface area contributed by atoms with Crippen LogP contribution in [0.25, 0.3) is 10.9 Å². The lowest BCUT2D eigenvalue weighted by atomic mass is 9.87. The Hall–Kier alpha value is -2.73. The standard InChI is InChI=1S/C21H22FN3O2/c1-24-19-10-6-5-9-16(19)18(23-24)11-20(27)25-12-17(21(22,13-25)14-26)15-7-3-2-4-8-15/h2-10,17,26H,11-14H2,1H3. The zero-order chi connectivity index (χ0) is 19.0. The number of aliphatic hydroxyl groups excluding tert-OH is 1. The fourth-order valence-corrected chi connectivity index (χ4v) is 3.99. The van der Waals surface area contributed by atoms with Crippen LogP contribution in [0.1, 0.15) is 17.2 Å². The minimum atomic E-state index is -1.83. The highest BCUT2D eigenvalue weighted by Crippen LogP contribution is 2.39. The van der Waals surface area contributed by atoms with Crippen molar-refractivity contribution < 1.29 is 14.3 Å². The number of carbonyl (C=O) groups is 1. The topological polar surface area (TPSA) is 58.4 Å². The highest BCUT2D eigenvalue weighted by Gasteiger charge is 2.49. The maximum absolute atomic E-state index is 15.3. The van der Waals surface area contributed by atoms with E-state index in [0.29, 0.717) is 5.69 Å². The quantitative estimate of drug-likeness (QED) is 0.771. The van der Waals surface area contributed by atoms with Gasteiger partial charge < -0.3 is 10.0 Å². The Morgan fingerprint density at radius 2 is 1.93 bits per heavy atom. The number of hydrogen-bond acceptors (Lipinski definition) is 3. The molecule has 6 heteroatoms. The van der Waals surface area contributed by atoms with Crippen molar-refractivity contribution in [1.82, 2.24) is 14.7 Å². The maximum Gasteiger partial charge on any atom is 0.228 e. The lowest BCUT2D eigenvalue weighted by molar-refractivity contribution is -0.130. The first-order valence-electron chi connectivity index (χ1n) is 9.05. The number of benzene rings is 2. The summed E-state index contributed by atoms with van der Waals surface area (Å²) in [4.78, 5) is 14.4. The van der Waals surface area contributed by atoms with Gasteiger partial charge in [-0.05, 0) is 11.6 Å². The molecule has 1 aliphatic rings. The van der Waals surface area contributed by atoms with Crippen LogP contribution in [-0.4, -0.2) is 51.1 Å². The summed E-state index contributed by atoms with van der Waals surface area (Å²) in [5, 5.41) is 15.1. The van der Waals surface area contributed by atoms with Gasteiger partial charge in [0.25, 0.3) is 0 Å². The SMILES string of the molecule is Cn1nc(CC(=O)N2CC(c3ccccc3)C(F)(CO)C2)c2ccccc21. The molecule has 140 valence electrons. The second-order valence-electron chi connectivity index (χ2n) is 7.19. The molecule has 1 N–H and O–H groups in total. The first-order valence-corrected chi connectivity index (χ1v) is 9.05. The van der Waals surface area contributed by atoms with E-state index < -0.39 is 18.2 Å². The van der Waals surface area contributed by atoms with E-state index in [4.69, 9.17) is 0 Å². The predicted octanol–water partition coefficient (Wildman–Crippen LogP) is 2.44.